The van der Waals surface area contributed by atoms with Crippen molar-refractivity contribution >= 4 is 5.69 Å². The van der Waals surface area contributed by atoms with E-state index in [9.17, 15) is 4.39 Å². The monoisotopic (exact) mass is 217 g/mol. The Balaban J connectivity index is 3.01. The van der Waals surface area contributed by atoms with Crippen LogP contribution in [0.2, 0.25) is 0 Å². The fourth-order valence-corrected chi connectivity index (χ4v) is 1.51. The average molecular weight is 217 g/mol. The summed E-state index contributed by atoms with van der Waals surface area (Å²) in [7, 11) is 0. The molecule has 0 aliphatic carbocycles. The molecule has 0 aromatic heterocycles. The summed E-state index contributed by atoms with van der Waals surface area (Å²) in [6, 6.07) is 8.13. The Kier molecular flexibility index (Phi) is 4.29. The quantitative estimate of drug-likeness (QED) is 0.778. The van der Waals surface area contributed by atoms with Crippen molar-refractivity contribution in [1.29, 1.82) is 10.5 Å². The van der Waals surface area contributed by atoms with E-state index in [1.165, 1.54) is 12.1 Å². The van der Waals surface area contributed by atoms with Gasteiger partial charge in [0.2, 0.25) is 0 Å². The highest BCUT2D eigenvalue weighted by Crippen LogP contribution is 2.20. The van der Waals surface area contributed by atoms with Gasteiger partial charge in [-0.3, -0.25) is 0 Å². The van der Waals surface area contributed by atoms with E-state index in [-0.39, 0.29) is 0 Å². The zero-order valence-electron chi connectivity index (χ0n) is 9.07. The zero-order chi connectivity index (χ0) is 12.0. The van der Waals surface area contributed by atoms with Gasteiger partial charge in [0.1, 0.15) is 11.9 Å². The fourth-order valence-electron chi connectivity index (χ4n) is 1.51. The van der Waals surface area contributed by atoms with Crippen LogP contribution < -0.4 is 4.90 Å². The first-order chi connectivity index (χ1) is 7.72. The first kappa shape index (κ1) is 12.0. The molecular formula is C12H12FN3. The average Bonchev–Trinajstić information content (AvgIpc) is 2.31. The van der Waals surface area contributed by atoms with E-state index >= 15 is 0 Å². The maximum absolute atomic E-state index is 12.9. The molecule has 0 aliphatic heterocycles. The van der Waals surface area contributed by atoms with Gasteiger partial charge >= 0.3 is 0 Å². The molecule has 0 spiro atoms. The zero-order valence-corrected chi connectivity index (χ0v) is 9.07. The molecule has 0 bridgehead atoms. The number of hydrogen-bond donors (Lipinski definition) is 0. The summed E-state index contributed by atoms with van der Waals surface area (Å²) in [5.74, 6) is -0.420. The third-order valence-electron chi connectivity index (χ3n) is 2.29. The molecule has 4 heteroatoms. The third kappa shape index (κ3) is 2.71. The SMILES string of the molecule is CCN(CCC#N)c1ccc(F)cc1C#N. The maximum atomic E-state index is 12.9. The van der Waals surface area contributed by atoms with Gasteiger partial charge in [0.25, 0.3) is 0 Å². The lowest BCUT2D eigenvalue weighted by Crippen LogP contribution is -2.24. The summed E-state index contributed by atoms with van der Waals surface area (Å²) in [6.45, 7) is 3.16. The van der Waals surface area contributed by atoms with Gasteiger partial charge in [0.15, 0.2) is 0 Å². The van der Waals surface area contributed by atoms with Gasteiger partial charge in [-0.2, -0.15) is 10.5 Å². The number of hydrogen-bond acceptors (Lipinski definition) is 3. The topological polar surface area (TPSA) is 50.8 Å². The van der Waals surface area contributed by atoms with Crippen molar-refractivity contribution in [2.24, 2.45) is 0 Å². The van der Waals surface area contributed by atoms with Gasteiger partial charge in [-0.25, -0.2) is 4.39 Å². The van der Waals surface area contributed by atoms with E-state index in [0.29, 0.717) is 30.8 Å². The molecular weight excluding hydrogens is 205 g/mol. The molecule has 1 aromatic carbocycles. The minimum absolute atomic E-state index is 0.305. The lowest BCUT2D eigenvalue weighted by atomic mass is 10.1. The van der Waals surface area contributed by atoms with Crippen molar-refractivity contribution in [2.45, 2.75) is 13.3 Å². The molecule has 1 rings (SSSR count). The lowest BCUT2D eigenvalue weighted by Gasteiger charge is -2.22. The van der Waals surface area contributed by atoms with Crippen LogP contribution in [0.25, 0.3) is 0 Å². The molecule has 82 valence electrons. The van der Waals surface area contributed by atoms with Crippen molar-refractivity contribution in [1.82, 2.24) is 0 Å². The van der Waals surface area contributed by atoms with Crippen LogP contribution >= 0.6 is 0 Å². The van der Waals surface area contributed by atoms with Crippen LogP contribution in [0, 0.1) is 28.5 Å². The number of nitriles is 2. The van der Waals surface area contributed by atoms with Crippen LogP contribution in [0.5, 0.6) is 0 Å². The van der Waals surface area contributed by atoms with Gasteiger partial charge < -0.3 is 4.90 Å². The molecule has 0 heterocycles. The smallest absolute Gasteiger partial charge is 0.124 e. The number of nitrogens with zero attached hydrogens (tertiary/aromatic N) is 3. The Labute approximate surface area is 94.3 Å². The Morgan fingerprint density at radius 2 is 2.12 bits per heavy atom. The molecule has 0 N–H and O–H groups in total. The predicted octanol–water partition coefficient (Wildman–Crippen LogP) is 2.44. The summed E-state index contributed by atoms with van der Waals surface area (Å²) in [5, 5.41) is 17.4. The molecule has 16 heavy (non-hydrogen) atoms. The predicted molar refractivity (Wildman–Crippen MR) is 59.2 cm³/mol. The Hall–Kier alpha value is -2.07. The van der Waals surface area contributed by atoms with Crippen LogP contribution in [-0.2, 0) is 0 Å². The van der Waals surface area contributed by atoms with Gasteiger partial charge in [-0.05, 0) is 25.1 Å². The second-order valence-corrected chi connectivity index (χ2v) is 3.26. The molecule has 0 fully saturated rings. The van der Waals surface area contributed by atoms with E-state index in [1.54, 1.807) is 6.07 Å². The van der Waals surface area contributed by atoms with Gasteiger partial charge in [-0.15, -0.1) is 0 Å². The number of rotatable bonds is 4. The normalized spacial score (nSPS) is 9.25. The fraction of sp³-hybridized carbons (Fsp3) is 0.333. The molecule has 1 aromatic rings. The summed E-state index contributed by atoms with van der Waals surface area (Å²) < 4.78 is 12.9. The summed E-state index contributed by atoms with van der Waals surface area (Å²) in [4.78, 5) is 1.89. The minimum Gasteiger partial charge on any atom is -0.370 e. The van der Waals surface area contributed by atoms with Gasteiger partial charge in [-0.1, -0.05) is 0 Å². The lowest BCUT2D eigenvalue weighted by molar-refractivity contribution is 0.627. The van der Waals surface area contributed by atoms with Crippen LogP contribution in [0.15, 0.2) is 18.2 Å². The molecule has 0 amide bonds. The Morgan fingerprint density at radius 1 is 1.38 bits per heavy atom. The first-order valence-corrected chi connectivity index (χ1v) is 5.04. The van der Waals surface area contributed by atoms with Crippen LogP contribution in [0.4, 0.5) is 10.1 Å². The van der Waals surface area contributed by atoms with E-state index in [4.69, 9.17) is 10.5 Å². The highest BCUT2D eigenvalue weighted by atomic mass is 19.1. The van der Waals surface area contributed by atoms with Crippen LogP contribution in [-0.4, -0.2) is 13.1 Å². The summed E-state index contributed by atoms with van der Waals surface area (Å²) in [6.07, 6.45) is 0.385. The molecule has 0 atom stereocenters. The van der Waals surface area contributed by atoms with E-state index in [0.717, 1.165) is 0 Å². The number of anilines is 1. The maximum Gasteiger partial charge on any atom is 0.124 e. The molecule has 0 saturated heterocycles. The number of benzene rings is 1. The standard InChI is InChI=1S/C12H12FN3/c1-2-16(7-3-6-14)12-5-4-11(13)8-10(12)9-15/h4-5,8H,2-3,7H2,1H3. The Morgan fingerprint density at radius 3 is 2.69 bits per heavy atom. The van der Waals surface area contributed by atoms with E-state index < -0.39 is 5.82 Å². The third-order valence-corrected chi connectivity index (χ3v) is 2.29. The highest BCUT2D eigenvalue weighted by Gasteiger charge is 2.10. The first-order valence-electron chi connectivity index (χ1n) is 5.04. The molecule has 0 saturated carbocycles. The van der Waals surface area contributed by atoms with Crippen molar-refractivity contribution in [2.75, 3.05) is 18.0 Å². The molecule has 0 aliphatic rings. The largest absolute Gasteiger partial charge is 0.370 e. The number of halogens is 1. The molecule has 3 nitrogen and oxygen atoms in total. The van der Waals surface area contributed by atoms with Crippen molar-refractivity contribution in [3.05, 3.63) is 29.6 Å². The van der Waals surface area contributed by atoms with Gasteiger partial charge in [0, 0.05) is 13.1 Å². The van der Waals surface area contributed by atoms with Crippen LogP contribution in [0.3, 0.4) is 0 Å². The molecule has 0 unspecified atom stereocenters. The van der Waals surface area contributed by atoms with Crippen molar-refractivity contribution in [3.63, 3.8) is 0 Å². The second-order valence-electron chi connectivity index (χ2n) is 3.26. The Bertz CT molecular complexity index is 443. The summed E-state index contributed by atoms with van der Waals surface area (Å²) >= 11 is 0. The van der Waals surface area contributed by atoms with Crippen LogP contribution in [0.1, 0.15) is 18.9 Å². The van der Waals surface area contributed by atoms with Crippen molar-refractivity contribution < 1.29 is 4.39 Å². The van der Waals surface area contributed by atoms with Crippen molar-refractivity contribution in [3.8, 4) is 12.1 Å². The summed E-state index contributed by atoms with van der Waals surface area (Å²) in [5.41, 5.74) is 0.987. The van der Waals surface area contributed by atoms with E-state index in [1.807, 2.05) is 17.9 Å². The minimum atomic E-state index is -0.420. The van der Waals surface area contributed by atoms with Gasteiger partial charge in [0.05, 0.1) is 23.7 Å². The second kappa shape index (κ2) is 5.72. The molecule has 0 radical (unpaired) electrons. The highest BCUT2D eigenvalue weighted by molar-refractivity contribution is 5.59. The van der Waals surface area contributed by atoms with E-state index in [2.05, 4.69) is 6.07 Å².